The number of alkyl halides is 3. The first kappa shape index (κ1) is 21.9. The molecule has 0 aliphatic carbocycles. The lowest BCUT2D eigenvalue weighted by Crippen LogP contribution is -2.50. The van der Waals surface area contributed by atoms with Gasteiger partial charge in [-0.05, 0) is 24.3 Å². The number of urea groups is 1. The summed E-state index contributed by atoms with van der Waals surface area (Å²) in [5, 5.41) is 11.1. The quantitative estimate of drug-likeness (QED) is 0.764. The maximum absolute atomic E-state index is 12.6. The van der Waals surface area contributed by atoms with Crippen LogP contribution in [0.4, 0.5) is 35.3 Å². The molecule has 0 bridgehead atoms. The summed E-state index contributed by atoms with van der Waals surface area (Å²) in [5.74, 6) is 1.06. The molecule has 2 amide bonds. The van der Waals surface area contributed by atoms with Crippen LogP contribution in [0.3, 0.4) is 0 Å². The number of halogens is 3. The number of hydrogen-bond donors (Lipinski definition) is 1. The van der Waals surface area contributed by atoms with E-state index in [4.69, 9.17) is 4.74 Å². The number of ether oxygens (including phenoxy) is 2. The number of hydrogen-bond acceptors (Lipinski definition) is 7. The first-order chi connectivity index (χ1) is 15.4. The van der Waals surface area contributed by atoms with Crippen LogP contribution in [-0.4, -0.2) is 80.0 Å². The molecular weight excluding hydrogens is 429 g/mol. The Morgan fingerprint density at radius 1 is 0.906 bits per heavy atom. The van der Waals surface area contributed by atoms with Gasteiger partial charge in [0.1, 0.15) is 0 Å². The highest BCUT2D eigenvalue weighted by atomic mass is 19.4. The van der Waals surface area contributed by atoms with Gasteiger partial charge in [-0.1, -0.05) is 12.1 Å². The van der Waals surface area contributed by atoms with Gasteiger partial charge in [0, 0.05) is 39.3 Å². The third kappa shape index (κ3) is 5.49. The van der Waals surface area contributed by atoms with Crippen LogP contribution in [0.15, 0.2) is 36.4 Å². The molecule has 1 aromatic heterocycles. The van der Waals surface area contributed by atoms with Crippen LogP contribution < -0.4 is 19.9 Å². The molecule has 3 heterocycles. The average Bonchev–Trinajstić information content (AvgIpc) is 2.80. The largest absolute Gasteiger partial charge is 0.573 e. The second-order valence-corrected chi connectivity index (χ2v) is 7.30. The Labute approximate surface area is 182 Å². The van der Waals surface area contributed by atoms with Crippen molar-refractivity contribution in [2.24, 2.45) is 0 Å². The number of anilines is 3. The van der Waals surface area contributed by atoms with Crippen LogP contribution in [0.5, 0.6) is 5.75 Å². The van der Waals surface area contributed by atoms with Crippen LogP contribution in [-0.2, 0) is 4.74 Å². The Morgan fingerprint density at radius 2 is 1.50 bits per heavy atom. The zero-order valence-corrected chi connectivity index (χ0v) is 17.2. The van der Waals surface area contributed by atoms with Crippen LogP contribution in [0.1, 0.15) is 0 Å². The first-order valence-electron chi connectivity index (χ1n) is 10.2. The Morgan fingerprint density at radius 3 is 2.09 bits per heavy atom. The van der Waals surface area contributed by atoms with Crippen LogP contribution >= 0.6 is 0 Å². The van der Waals surface area contributed by atoms with E-state index in [-0.39, 0.29) is 5.69 Å². The molecule has 172 valence electrons. The van der Waals surface area contributed by atoms with Gasteiger partial charge in [0.05, 0.1) is 18.9 Å². The van der Waals surface area contributed by atoms with Gasteiger partial charge in [-0.2, -0.15) is 0 Å². The lowest BCUT2D eigenvalue weighted by molar-refractivity contribution is -0.274. The summed E-state index contributed by atoms with van der Waals surface area (Å²) in [5.41, 5.74) is -0.0400. The predicted octanol–water partition coefficient (Wildman–Crippen LogP) is 2.57. The van der Waals surface area contributed by atoms with Crippen LogP contribution in [0, 0.1) is 0 Å². The number of carbonyl (C=O) groups is 1. The number of piperazine rings is 1. The molecule has 9 nitrogen and oxygen atoms in total. The molecule has 0 unspecified atom stereocenters. The Kier molecular flexibility index (Phi) is 6.49. The van der Waals surface area contributed by atoms with E-state index in [1.54, 1.807) is 0 Å². The van der Waals surface area contributed by atoms with Gasteiger partial charge in [-0.25, -0.2) is 4.79 Å². The number of carbonyl (C=O) groups excluding carboxylic acids is 1. The van der Waals surface area contributed by atoms with Crippen molar-refractivity contribution in [3.05, 3.63) is 36.4 Å². The predicted molar refractivity (Wildman–Crippen MR) is 111 cm³/mol. The van der Waals surface area contributed by atoms with Gasteiger partial charge in [0.2, 0.25) is 0 Å². The van der Waals surface area contributed by atoms with Crippen LogP contribution in [0.25, 0.3) is 0 Å². The normalized spacial score (nSPS) is 17.3. The van der Waals surface area contributed by atoms with E-state index < -0.39 is 18.1 Å². The standard InChI is InChI=1S/C20H23F3N6O3/c21-20(22,23)32-16-4-2-1-3-15(16)24-19(30)29-9-7-27(8-10-29)17-5-6-18(26-25-17)28-11-13-31-14-12-28/h1-6H,7-14H2,(H,24,30). The Hall–Kier alpha value is -3.28. The number of benzene rings is 1. The minimum atomic E-state index is -4.84. The molecule has 2 aliphatic heterocycles. The van der Waals surface area contributed by atoms with Gasteiger partial charge < -0.3 is 29.5 Å². The number of para-hydroxylation sites is 2. The van der Waals surface area contributed by atoms with Crippen molar-refractivity contribution in [1.29, 1.82) is 0 Å². The highest BCUT2D eigenvalue weighted by Gasteiger charge is 2.32. The van der Waals surface area contributed by atoms with Crippen molar-refractivity contribution in [3.8, 4) is 5.75 Å². The number of morpholine rings is 1. The maximum atomic E-state index is 12.6. The minimum absolute atomic E-state index is 0.0400. The number of nitrogens with one attached hydrogen (secondary N) is 1. The van der Waals surface area contributed by atoms with Crippen molar-refractivity contribution in [2.45, 2.75) is 6.36 Å². The second-order valence-electron chi connectivity index (χ2n) is 7.30. The summed E-state index contributed by atoms with van der Waals surface area (Å²) in [6.45, 7) is 4.72. The van der Waals surface area contributed by atoms with Gasteiger partial charge in [-0.3, -0.25) is 0 Å². The van der Waals surface area contributed by atoms with Crippen molar-refractivity contribution in [2.75, 3.05) is 67.6 Å². The summed E-state index contributed by atoms with van der Waals surface area (Å²) < 4.78 is 47.1. The molecule has 1 aromatic carbocycles. The smallest absolute Gasteiger partial charge is 0.404 e. The van der Waals surface area contributed by atoms with E-state index in [0.717, 1.165) is 25.0 Å². The second kappa shape index (κ2) is 9.47. The molecule has 2 aromatic rings. The van der Waals surface area contributed by atoms with E-state index >= 15 is 0 Å². The molecular formula is C20H23F3N6O3. The molecule has 0 atom stereocenters. The molecule has 2 fully saturated rings. The molecule has 1 N–H and O–H groups in total. The summed E-state index contributed by atoms with van der Waals surface area (Å²) >= 11 is 0. The third-order valence-corrected chi connectivity index (χ3v) is 5.22. The highest BCUT2D eigenvalue weighted by Crippen LogP contribution is 2.30. The molecule has 0 spiro atoms. The maximum Gasteiger partial charge on any atom is 0.573 e. The topological polar surface area (TPSA) is 83.1 Å². The molecule has 12 heteroatoms. The fraction of sp³-hybridized carbons (Fsp3) is 0.450. The third-order valence-electron chi connectivity index (χ3n) is 5.22. The number of nitrogens with zero attached hydrogens (tertiary/aromatic N) is 5. The van der Waals surface area contributed by atoms with Gasteiger partial charge in [0.25, 0.3) is 0 Å². The van der Waals surface area contributed by atoms with Gasteiger partial charge in [-0.15, -0.1) is 23.4 Å². The van der Waals surface area contributed by atoms with E-state index in [1.165, 1.54) is 23.1 Å². The monoisotopic (exact) mass is 452 g/mol. The van der Waals surface area contributed by atoms with Crippen molar-refractivity contribution < 1.29 is 27.4 Å². The summed E-state index contributed by atoms with van der Waals surface area (Å²) in [6, 6.07) is 8.78. The number of aromatic nitrogens is 2. The summed E-state index contributed by atoms with van der Waals surface area (Å²) in [7, 11) is 0. The van der Waals surface area contributed by atoms with E-state index in [9.17, 15) is 18.0 Å². The summed E-state index contributed by atoms with van der Waals surface area (Å²) in [4.78, 5) is 18.2. The minimum Gasteiger partial charge on any atom is -0.404 e. The van der Waals surface area contributed by atoms with E-state index in [2.05, 4.69) is 25.2 Å². The zero-order valence-electron chi connectivity index (χ0n) is 17.2. The molecule has 2 saturated heterocycles. The highest BCUT2D eigenvalue weighted by molar-refractivity contribution is 5.91. The SMILES string of the molecule is O=C(Nc1ccccc1OC(F)(F)F)N1CCN(c2ccc(N3CCOCC3)nn2)CC1. The molecule has 2 aliphatic rings. The van der Waals surface area contributed by atoms with Crippen molar-refractivity contribution >= 4 is 23.4 Å². The first-order valence-corrected chi connectivity index (χ1v) is 10.2. The summed E-state index contributed by atoms with van der Waals surface area (Å²) in [6.07, 6.45) is -4.84. The van der Waals surface area contributed by atoms with Gasteiger partial charge in [0.15, 0.2) is 17.4 Å². The van der Waals surface area contributed by atoms with Crippen molar-refractivity contribution in [1.82, 2.24) is 15.1 Å². The number of amides is 2. The Balaban J connectivity index is 1.31. The lowest BCUT2D eigenvalue weighted by atomic mass is 10.3. The molecule has 0 radical (unpaired) electrons. The molecule has 4 rings (SSSR count). The van der Waals surface area contributed by atoms with E-state index in [0.29, 0.717) is 45.2 Å². The fourth-order valence-corrected chi connectivity index (χ4v) is 3.56. The average molecular weight is 452 g/mol. The number of rotatable bonds is 4. The fourth-order valence-electron chi connectivity index (χ4n) is 3.56. The lowest BCUT2D eigenvalue weighted by Gasteiger charge is -2.35. The molecule has 32 heavy (non-hydrogen) atoms. The van der Waals surface area contributed by atoms with Gasteiger partial charge >= 0.3 is 12.4 Å². The van der Waals surface area contributed by atoms with Crippen LogP contribution in [0.2, 0.25) is 0 Å². The Bertz CT molecular complexity index is 914. The van der Waals surface area contributed by atoms with Crippen molar-refractivity contribution in [3.63, 3.8) is 0 Å². The molecule has 0 saturated carbocycles. The zero-order chi connectivity index (χ0) is 22.6. The van der Waals surface area contributed by atoms with E-state index in [1.807, 2.05) is 17.0 Å².